The summed E-state index contributed by atoms with van der Waals surface area (Å²) < 4.78 is 5.34. The number of piperazine rings is 1. The lowest BCUT2D eigenvalue weighted by atomic mass is 10.2. The zero-order valence-corrected chi connectivity index (χ0v) is 11.7. The van der Waals surface area contributed by atoms with Crippen LogP contribution in [0.1, 0.15) is 0 Å². The number of aromatic nitrogens is 2. The number of hydrogen-bond donors (Lipinski definition) is 2. The molecule has 8 nitrogen and oxygen atoms in total. The Bertz CT molecular complexity index is 506. The summed E-state index contributed by atoms with van der Waals surface area (Å²) in [4.78, 5) is 23.8. The number of rotatable bonds is 3. The maximum Gasteiger partial charge on any atom is 0.322 e. The Morgan fingerprint density at radius 3 is 2.67 bits per heavy atom. The largest absolute Gasteiger partial charge is 0.480 e. The number of morpholine rings is 1. The first-order chi connectivity index (χ1) is 10.2. The predicted octanol–water partition coefficient (Wildman–Crippen LogP) is -0.824. The van der Waals surface area contributed by atoms with Crippen LogP contribution in [0, 0.1) is 0 Å². The standard InChI is InChI=1S/C13H19N5O3/c19-13(20)10-8-18(2-1-14-10)12-7-11(15-9-16-12)17-3-5-21-6-4-17/h7,9-10,14H,1-6,8H2,(H,19,20). The number of carboxylic acid groups (broad SMARTS) is 1. The lowest BCUT2D eigenvalue weighted by Crippen LogP contribution is -2.54. The van der Waals surface area contributed by atoms with Crippen LogP contribution in [0.4, 0.5) is 11.6 Å². The average molecular weight is 293 g/mol. The molecule has 3 heterocycles. The van der Waals surface area contributed by atoms with Gasteiger partial charge in [-0.15, -0.1) is 0 Å². The van der Waals surface area contributed by atoms with Crippen LogP contribution in [-0.4, -0.2) is 73.0 Å². The molecular weight excluding hydrogens is 274 g/mol. The normalized spacial score (nSPS) is 23.1. The SMILES string of the molecule is O=C(O)C1CN(c2cc(N3CCOCC3)ncn2)CCN1. The molecule has 2 aliphatic heterocycles. The van der Waals surface area contributed by atoms with Crippen molar-refractivity contribution < 1.29 is 14.6 Å². The summed E-state index contributed by atoms with van der Waals surface area (Å²) in [5.74, 6) is 0.815. The molecule has 2 saturated heterocycles. The molecule has 1 unspecified atom stereocenters. The Kier molecular flexibility index (Phi) is 4.16. The van der Waals surface area contributed by atoms with Gasteiger partial charge in [-0.2, -0.15) is 0 Å². The molecule has 0 aliphatic carbocycles. The van der Waals surface area contributed by atoms with Crippen molar-refractivity contribution in [2.75, 3.05) is 55.7 Å². The first-order valence-electron chi connectivity index (χ1n) is 7.10. The van der Waals surface area contributed by atoms with Crippen LogP contribution in [0.3, 0.4) is 0 Å². The summed E-state index contributed by atoms with van der Waals surface area (Å²) in [6.45, 7) is 4.82. The van der Waals surface area contributed by atoms with Gasteiger partial charge in [-0.25, -0.2) is 9.97 Å². The van der Waals surface area contributed by atoms with E-state index in [1.165, 1.54) is 6.33 Å². The van der Waals surface area contributed by atoms with E-state index in [4.69, 9.17) is 9.84 Å². The molecule has 2 aliphatic rings. The topological polar surface area (TPSA) is 90.8 Å². The number of anilines is 2. The zero-order valence-electron chi connectivity index (χ0n) is 11.7. The summed E-state index contributed by atoms with van der Waals surface area (Å²) in [7, 11) is 0. The second-order valence-electron chi connectivity index (χ2n) is 5.12. The highest BCUT2D eigenvalue weighted by Crippen LogP contribution is 2.19. The Balaban J connectivity index is 1.74. The molecule has 0 radical (unpaired) electrons. The minimum absolute atomic E-state index is 0.412. The quantitative estimate of drug-likeness (QED) is 0.747. The fourth-order valence-electron chi connectivity index (χ4n) is 2.60. The number of hydrogen-bond acceptors (Lipinski definition) is 7. The van der Waals surface area contributed by atoms with Crippen molar-refractivity contribution in [2.45, 2.75) is 6.04 Å². The third kappa shape index (κ3) is 3.22. The van der Waals surface area contributed by atoms with E-state index in [9.17, 15) is 4.79 Å². The van der Waals surface area contributed by atoms with Crippen LogP contribution < -0.4 is 15.1 Å². The summed E-state index contributed by atoms with van der Waals surface area (Å²) in [5, 5.41) is 12.1. The minimum atomic E-state index is -0.831. The molecule has 0 amide bonds. The number of aliphatic carboxylic acids is 1. The third-order valence-electron chi connectivity index (χ3n) is 3.77. The molecule has 0 bridgehead atoms. The van der Waals surface area contributed by atoms with Gasteiger partial charge in [0.1, 0.15) is 24.0 Å². The summed E-state index contributed by atoms with van der Waals surface area (Å²) in [5.41, 5.74) is 0. The van der Waals surface area contributed by atoms with E-state index < -0.39 is 12.0 Å². The molecule has 0 aromatic carbocycles. The van der Waals surface area contributed by atoms with Gasteiger partial charge in [0.15, 0.2) is 0 Å². The van der Waals surface area contributed by atoms with Crippen LogP contribution in [-0.2, 0) is 9.53 Å². The molecule has 3 rings (SSSR count). The summed E-state index contributed by atoms with van der Waals surface area (Å²) in [6, 6.07) is 1.37. The smallest absolute Gasteiger partial charge is 0.322 e. The molecule has 2 fully saturated rings. The maximum atomic E-state index is 11.1. The number of carbonyl (C=O) groups is 1. The first-order valence-corrected chi connectivity index (χ1v) is 7.10. The molecule has 2 N–H and O–H groups in total. The Morgan fingerprint density at radius 2 is 1.95 bits per heavy atom. The van der Waals surface area contributed by atoms with Crippen molar-refractivity contribution >= 4 is 17.6 Å². The second-order valence-corrected chi connectivity index (χ2v) is 5.12. The first kappa shape index (κ1) is 14.0. The van der Waals surface area contributed by atoms with Crippen molar-refractivity contribution in [2.24, 2.45) is 0 Å². The van der Waals surface area contributed by atoms with Gasteiger partial charge >= 0.3 is 5.97 Å². The van der Waals surface area contributed by atoms with E-state index >= 15 is 0 Å². The van der Waals surface area contributed by atoms with Crippen LogP contribution in [0.15, 0.2) is 12.4 Å². The molecule has 0 spiro atoms. The van der Waals surface area contributed by atoms with Gasteiger partial charge in [-0.05, 0) is 0 Å². The Morgan fingerprint density at radius 1 is 1.24 bits per heavy atom. The molecule has 21 heavy (non-hydrogen) atoms. The number of carboxylic acids is 1. The van der Waals surface area contributed by atoms with Crippen LogP contribution >= 0.6 is 0 Å². The molecule has 8 heteroatoms. The van der Waals surface area contributed by atoms with E-state index in [2.05, 4.69) is 20.2 Å². The van der Waals surface area contributed by atoms with E-state index in [0.29, 0.717) is 26.3 Å². The molecule has 1 aromatic rings. The predicted molar refractivity (Wildman–Crippen MR) is 76.7 cm³/mol. The lowest BCUT2D eigenvalue weighted by molar-refractivity contribution is -0.139. The molecule has 1 aromatic heterocycles. The molecule has 0 saturated carbocycles. The van der Waals surface area contributed by atoms with Gasteiger partial charge in [0.2, 0.25) is 0 Å². The van der Waals surface area contributed by atoms with E-state index in [0.717, 1.165) is 31.3 Å². The minimum Gasteiger partial charge on any atom is -0.480 e. The zero-order chi connectivity index (χ0) is 14.7. The van der Waals surface area contributed by atoms with Gasteiger partial charge in [0.25, 0.3) is 0 Å². The number of nitrogens with one attached hydrogen (secondary N) is 1. The third-order valence-corrected chi connectivity index (χ3v) is 3.77. The van der Waals surface area contributed by atoms with E-state index in [-0.39, 0.29) is 0 Å². The van der Waals surface area contributed by atoms with Crippen molar-refractivity contribution in [3.63, 3.8) is 0 Å². The second kappa shape index (κ2) is 6.23. The van der Waals surface area contributed by atoms with Gasteiger partial charge in [0.05, 0.1) is 13.2 Å². The Hall–Kier alpha value is -1.93. The molecule has 1 atom stereocenters. The highest BCUT2D eigenvalue weighted by Gasteiger charge is 2.26. The van der Waals surface area contributed by atoms with Crippen LogP contribution in [0.2, 0.25) is 0 Å². The van der Waals surface area contributed by atoms with Crippen LogP contribution in [0.25, 0.3) is 0 Å². The molecular formula is C13H19N5O3. The monoisotopic (exact) mass is 293 g/mol. The fourth-order valence-corrected chi connectivity index (χ4v) is 2.60. The lowest BCUT2D eigenvalue weighted by Gasteiger charge is -2.33. The van der Waals surface area contributed by atoms with E-state index in [1.54, 1.807) is 0 Å². The van der Waals surface area contributed by atoms with Gasteiger partial charge < -0.3 is 25.0 Å². The van der Waals surface area contributed by atoms with Crippen molar-refractivity contribution in [1.82, 2.24) is 15.3 Å². The highest BCUT2D eigenvalue weighted by atomic mass is 16.5. The number of nitrogens with zero attached hydrogens (tertiary/aromatic N) is 4. The van der Waals surface area contributed by atoms with Gasteiger partial charge in [-0.1, -0.05) is 0 Å². The molecule has 114 valence electrons. The van der Waals surface area contributed by atoms with Crippen LogP contribution in [0.5, 0.6) is 0 Å². The number of ether oxygens (including phenoxy) is 1. The van der Waals surface area contributed by atoms with Gasteiger partial charge in [0, 0.05) is 38.8 Å². The van der Waals surface area contributed by atoms with Gasteiger partial charge in [-0.3, -0.25) is 4.79 Å². The van der Waals surface area contributed by atoms with Crippen molar-refractivity contribution in [1.29, 1.82) is 0 Å². The van der Waals surface area contributed by atoms with E-state index in [1.807, 2.05) is 11.0 Å². The summed E-state index contributed by atoms with van der Waals surface area (Å²) >= 11 is 0. The maximum absolute atomic E-state index is 11.1. The summed E-state index contributed by atoms with van der Waals surface area (Å²) in [6.07, 6.45) is 1.54. The van der Waals surface area contributed by atoms with Crippen molar-refractivity contribution in [3.8, 4) is 0 Å². The van der Waals surface area contributed by atoms with Crippen molar-refractivity contribution in [3.05, 3.63) is 12.4 Å². The fraction of sp³-hybridized carbons (Fsp3) is 0.615. The average Bonchev–Trinajstić information content (AvgIpc) is 2.56. The highest BCUT2D eigenvalue weighted by molar-refractivity contribution is 5.74. The Labute approximate surface area is 122 Å².